The molecular weight excluding hydrogens is 464 g/mol. The summed E-state index contributed by atoms with van der Waals surface area (Å²) in [6, 6.07) is 23.5. The molecule has 0 aliphatic carbocycles. The maximum Gasteiger partial charge on any atom is 0.326 e. The smallest absolute Gasteiger partial charge is 0.326 e. The quantitative estimate of drug-likeness (QED) is 0.337. The van der Waals surface area contributed by atoms with Gasteiger partial charge in [0.2, 0.25) is 5.82 Å². The van der Waals surface area contributed by atoms with Crippen molar-refractivity contribution in [3.8, 4) is 17.1 Å². The number of halogens is 1. The summed E-state index contributed by atoms with van der Waals surface area (Å²) >= 11 is 6.11. The molecule has 1 atom stereocenters. The van der Waals surface area contributed by atoms with Crippen LogP contribution in [0, 0.1) is 0 Å². The number of benzene rings is 3. The van der Waals surface area contributed by atoms with Crippen molar-refractivity contribution in [1.29, 1.82) is 0 Å². The standard InChI is InChI=1S/C27H23ClN4O3/c1-3-34-22-15-13-21(14-16-22)32-17(2)23(24(29-27(32)33)18-9-11-20(28)12-10-18)26-30-25(31-35-26)19-7-5-4-6-8-19/h4-16,24H,3H2,1-2H3,(H,29,33). The molecule has 1 unspecified atom stereocenters. The summed E-state index contributed by atoms with van der Waals surface area (Å²) in [5, 5.41) is 7.90. The summed E-state index contributed by atoms with van der Waals surface area (Å²) in [6.45, 7) is 4.37. The lowest BCUT2D eigenvalue weighted by atomic mass is 9.94. The van der Waals surface area contributed by atoms with Gasteiger partial charge in [0.1, 0.15) is 5.75 Å². The number of nitrogens with one attached hydrogen (secondary N) is 1. The largest absolute Gasteiger partial charge is 0.494 e. The van der Waals surface area contributed by atoms with Crippen LogP contribution in [0.5, 0.6) is 5.75 Å². The zero-order valence-corrected chi connectivity index (χ0v) is 20.0. The second-order valence-corrected chi connectivity index (χ2v) is 8.42. The molecule has 0 bridgehead atoms. The molecule has 0 saturated carbocycles. The summed E-state index contributed by atoms with van der Waals surface area (Å²) in [4.78, 5) is 19.6. The van der Waals surface area contributed by atoms with Gasteiger partial charge < -0.3 is 14.6 Å². The molecule has 3 aromatic carbocycles. The first-order valence-corrected chi connectivity index (χ1v) is 11.6. The molecule has 1 aliphatic rings. The molecular formula is C27H23ClN4O3. The normalized spacial score (nSPS) is 15.8. The lowest BCUT2D eigenvalue weighted by Gasteiger charge is -2.35. The first-order valence-electron chi connectivity index (χ1n) is 11.2. The Morgan fingerprint density at radius 1 is 1.03 bits per heavy atom. The molecule has 35 heavy (non-hydrogen) atoms. The van der Waals surface area contributed by atoms with Gasteiger partial charge in [-0.2, -0.15) is 4.98 Å². The third kappa shape index (κ3) is 4.50. The number of carbonyl (C=O) groups excluding carboxylic acids is 1. The van der Waals surface area contributed by atoms with Gasteiger partial charge in [0.15, 0.2) is 0 Å². The molecule has 1 aromatic heterocycles. The Bertz CT molecular complexity index is 1370. The predicted molar refractivity (Wildman–Crippen MR) is 135 cm³/mol. The van der Waals surface area contributed by atoms with Crippen LogP contribution in [0.15, 0.2) is 89.1 Å². The summed E-state index contributed by atoms with van der Waals surface area (Å²) in [7, 11) is 0. The van der Waals surface area contributed by atoms with Crippen LogP contribution in [0.4, 0.5) is 10.5 Å². The van der Waals surface area contributed by atoms with Crippen molar-refractivity contribution in [2.45, 2.75) is 19.9 Å². The van der Waals surface area contributed by atoms with Crippen LogP contribution in [-0.4, -0.2) is 22.8 Å². The van der Waals surface area contributed by atoms with E-state index in [1.54, 1.807) is 17.0 Å². The van der Waals surface area contributed by atoms with E-state index in [1.807, 2.05) is 80.6 Å². The molecule has 1 aliphatic heterocycles. The van der Waals surface area contributed by atoms with Crippen LogP contribution in [0.1, 0.15) is 31.3 Å². The summed E-state index contributed by atoms with van der Waals surface area (Å²) in [5.41, 5.74) is 3.77. The highest BCUT2D eigenvalue weighted by molar-refractivity contribution is 6.30. The van der Waals surface area contributed by atoms with Crippen LogP contribution in [0.25, 0.3) is 17.0 Å². The zero-order chi connectivity index (χ0) is 24.4. The van der Waals surface area contributed by atoms with Crippen LogP contribution in [0.3, 0.4) is 0 Å². The maximum atomic E-state index is 13.3. The fourth-order valence-corrected chi connectivity index (χ4v) is 4.26. The Balaban J connectivity index is 1.62. The van der Waals surface area contributed by atoms with Crippen LogP contribution in [0.2, 0.25) is 5.02 Å². The number of anilines is 1. The Labute approximate surface area is 208 Å². The molecule has 0 saturated heterocycles. The van der Waals surface area contributed by atoms with Gasteiger partial charge in [-0.1, -0.05) is 59.2 Å². The number of hydrogen-bond acceptors (Lipinski definition) is 5. The highest BCUT2D eigenvalue weighted by Gasteiger charge is 2.36. The predicted octanol–water partition coefficient (Wildman–Crippen LogP) is 6.49. The number of ether oxygens (including phenoxy) is 1. The van der Waals surface area contributed by atoms with Gasteiger partial charge in [0, 0.05) is 16.3 Å². The summed E-state index contributed by atoms with van der Waals surface area (Å²) in [6.07, 6.45) is 0. The lowest BCUT2D eigenvalue weighted by molar-refractivity contribution is 0.244. The fourth-order valence-electron chi connectivity index (χ4n) is 4.13. The number of urea groups is 1. The minimum atomic E-state index is -0.497. The SMILES string of the molecule is CCOc1ccc(N2C(=O)NC(c3ccc(Cl)cc3)C(c3nc(-c4ccccc4)no3)=C2C)cc1. The Kier molecular flexibility index (Phi) is 6.25. The zero-order valence-electron chi connectivity index (χ0n) is 19.2. The highest BCUT2D eigenvalue weighted by Crippen LogP contribution is 2.39. The van der Waals surface area contributed by atoms with Crippen molar-refractivity contribution in [2.75, 3.05) is 11.5 Å². The van der Waals surface area contributed by atoms with E-state index in [4.69, 9.17) is 20.9 Å². The van der Waals surface area contributed by atoms with E-state index >= 15 is 0 Å². The third-order valence-corrected chi connectivity index (χ3v) is 6.03. The molecule has 8 heteroatoms. The molecule has 7 nitrogen and oxygen atoms in total. The summed E-state index contributed by atoms with van der Waals surface area (Å²) in [5.74, 6) is 1.54. The van der Waals surface area contributed by atoms with E-state index in [9.17, 15) is 4.79 Å². The van der Waals surface area contributed by atoms with Crippen molar-refractivity contribution >= 4 is 28.9 Å². The van der Waals surface area contributed by atoms with Gasteiger partial charge in [-0.15, -0.1) is 0 Å². The van der Waals surface area contributed by atoms with Crippen molar-refractivity contribution in [2.24, 2.45) is 0 Å². The first kappa shape index (κ1) is 22.7. The molecule has 0 spiro atoms. The van der Waals surface area contributed by atoms with Crippen molar-refractivity contribution in [3.63, 3.8) is 0 Å². The van der Waals surface area contributed by atoms with Gasteiger partial charge in [-0.05, 0) is 55.8 Å². The van der Waals surface area contributed by atoms with E-state index < -0.39 is 6.04 Å². The molecule has 4 aromatic rings. The van der Waals surface area contributed by atoms with Gasteiger partial charge in [-0.25, -0.2) is 4.79 Å². The number of nitrogens with zero attached hydrogens (tertiary/aromatic N) is 3. The Morgan fingerprint density at radius 2 is 1.74 bits per heavy atom. The number of allylic oxidation sites excluding steroid dienone is 1. The van der Waals surface area contributed by atoms with E-state index in [2.05, 4.69) is 15.5 Å². The molecule has 2 heterocycles. The monoisotopic (exact) mass is 486 g/mol. The van der Waals surface area contributed by atoms with E-state index in [0.717, 1.165) is 16.9 Å². The van der Waals surface area contributed by atoms with E-state index in [-0.39, 0.29) is 6.03 Å². The number of aromatic nitrogens is 2. The highest BCUT2D eigenvalue weighted by atomic mass is 35.5. The van der Waals surface area contributed by atoms with E-state index in [0.29, 0.717) is 40.3 Å². The number of rotatable bonds is 6. The molecule has 1 N–H and O–H groups in total. The lowest BCUT2D eigenvalue weighted by Crippen LogP contribution is -2.46. The number of hydrogen-bond donors (Lipinski definition) is 1. The van der Waals surface area contributed by atoms with Crippen molar-refractivity contribution in [3.05, 3.63) is 101 Å². The van der Waals surface area contributed by atoms with Crippen molar-refractivity contribution < 1.29 is 14.1 Å². The van der Waals surface area contributed by atoms with Crippen LogP contribution < -0.4 is 15.0 Å². The van der Waals surface area contributed by atoms with Crippen LogP contribution >= 0.6 is 11.6 Å². The molecule has 0 radical (unpaired) electrons. The maximum absolute atomic E-state index is 13.3. The third-order valence-electron chi connectivity index (χ3n) is 5.78. The Morgan fingerprint density at radius 3 is 2.43 bits per heavy atom. The minimum absolute atomic E-state index is 0.266. The number of amides is 2. The topological polar surface area (TPSA) is 80.5 Å². The molecule has 0 fully saturated rings. The molecule has 5 rings (SSSR count). The summed E-state index contributed by atoms with van der Waals surface area (Å²) < 4.78 is 11.3. The van der Waals surface area contributed by atoms with Gasteiger partial charge in [-0.3, -0.25) is 4.90 Å². The van der Waals surface area contributed by atoms with Crippen molar-refractivity contribution in [1.82, 2.24) is 15.5 Å². The van der Waals surface area contributed by atoms with Gasteiger partial charge in [0.25, 0.3) is 5.89 Å². The fraction of sp³-hybridized carbons (Fsp3) is 0.148. The minimum Gasteiger partial charge on any atom is -0.494 e. The molecule has 2 amide bonds. The average molecular weight is 487 g/mol. The Hall–Kier alpha value is -4.10. The average Bonchev–Trinajstić information content (AvgIpc) is 3.36. The van der Waals surface area contributed by atoms with Gasteiger partial charge in [0.05, 0.1) is 23.9 Å². The number of carbonyl (C=O) groups is 1. The van der Waals surface area contributed by atoms with E-state index in [1.165, 1.54) is 0 Å². The second-order valence-electron chi connectivity index (χ2n) is 7.98. The second kappa shape index (κ2) is 9.64. The van der Waals surface area contributed by atoms with Gasteiger partial charge >= 0.3 is 6.03 Å². The first-order chi connectivity index (χ1) is 17.0. The van der Waals surface area contributed by atoms with Crippen LogP contribution in [-0.2, 0) is 0 Å². The molecule has 176 valence electrons.